The molecule has 1 heterocycles. The number of thioether (sulfide) groups is 1. The summed E-state index contributed by atoms with van der Waals surface area (Å²) >= 11 is 1.10. The van der Waals surface area contributed by atoms with Crippen molar-refractivity contribution in [3.05, 3.63) is 78.4 Å². The van der Waals surface area contributed by atoms with Crippen molar-refractivity contribution >= 4 is 40.9 Å². The lowest BCUT2D eigenvalue weighted by atomic mass is 10.2. The normalized spacial score (nSPS) is 10.5. The molecule has 0 radical (unpaired) electrons. The molecule has 0 unspecified atom stereocenters. The van der Waals surface area contributed by atoms with E-state index in [1.54, 1.807) is 22.8 Å². The topological polar surface area (TPSA) is 126 Å². The van der Waals surface area contributed by atoms with Gasteiger partial charge < -0.3 is 20.3 Å². The fourth-order valence-corrected chi connectivity index (χ4v) is 3.59. The van der Waals surface area contributed by atoms with Crippen LogP contribution < -0.4 is 10.6 Å². The summed E-state index contributed by atoms with van der Waals surface area (Å²) < 4.78 is 15.4. The van der Waals surface area contributed by atoms with E-state index in [2.05, 4.69) is 27.4 Å². The highest BCUT2D eigenvalue weighted by molar-refractivity contribution is 7.99. The molecule has 0 atom stereocenters. The minimum atomic E-state index is -1.09. The van der Waals surface area contributed by atoms with Crippen LogP contribution >= 0.6 is 11.8 Å². The van der Waals surface area contributed by atoms with E-state index in [9.17, 15) is 18.8 Å². The van der Waals surface area contributed by atoms with E-state index in [1.807, 2.05) is 0 Å². The number of carboxylic acid groups (broad SMARTS) is 1. The number of anilines is 2. The second-order valence-corrected chi connectivity index (χ2v) is 7.67. The lowest BCUT2D eigenvalue weighted by molar-refractivity contribution is -0.116. The average molecular weight is 469 g/mol. The quantitative estimate of drug-likeness (QED) is 0.307. The minimum Gasteiger partial charge on any atom is -0.478 e. The van der Waals surface area contributed by atoms with Gasteiger partial charge in [-0.1, -0.05) is 36.0 Å². The molecule has 0 saturated heterocycles. The number of para-hydroxylation sites is 1. The summed E-state index contributed by atoms with van der Waals surface area (Å²) in [5, 5.41) is 22.6. The van der Waals surface area contributed by atoms with E-state index >= 15 is 0 Å². The maximum atomic E-state index is 13.8. The smallest absolute Gasteiger partial charge is 0.335 e. The van der Waals surface area contributed by atoms with Gasteiger partial charge >= 0.3 is 5.97 Å². The molecule has 0 aliphatic carbocycles. The Bertz CT molecular complexity index is 1200. The second kappa shape index (κ2) is 11.0. The number of carboxylic acids is 1. The number of aromatic carboxylic acids is 1. The monoisotopic (exact) mass is 469 g/mol. The lowest BCUT2D eigenvalue weighted by Gasteiger charge is -2.09. The highest BCUT2D eigenvalue weighted by Crippen LogP contribution is 2.19. The molecule has 170 valence electrons. The van der Waals surface area contributed by atoms with Crippen molar-refractivity contribution in [2.45, 2.75) is 18.1 Å². The zero-order valence-corrected chi connectivity index (χ0v) is 18.1. The summed E-state index contributed by atoms with van der Waals surface area (Å²) in [6.45, 7) is 3.99. The number of aromatic nitrogens is 3. The Morgan fingerprint density at radius 2 is 1.88 bits per heavy atom. The Morgan fingerprint density at radius 1 is 1.09 bits per heavy atom. The average Bonchev–Trinajstić information content (AvgIpc) is 3.15. The molecule has 33 heavy (non-hydrogen) atoms. The number of benzene rings is 2. The summed E-state index contributed by atoms with van der Waals surface area (Å²) in [5.41, 5.74) is 0.485. The van der Waals surface area contributed by atoms with E-state index in [1.165, 1.54) is 36.4 Å². The first-order valence-electron chi connectivity index (χ1n) is 9.70. The number of halogens is 1. The number of hydrogen-bond donors (Lipinski definition) is 3. The third kappa shape index (κ3) is 6.50. The van der Waals surface area contributed by atoms with Crippen LogP contribution in [0.25, 0.3) is 0 Å². The van der Waals surface area contributed by atoms with Crippen LogP contribution in [0.5, 0.6) is 0 Å². The standard InChI is InChI=1S/C22H20FN5O4S/c1-2-10-28-18(12-19(29)25-17-9-4-3-8-16(17)23)26-27-22(28)33-13-20(30)24-15-7-5-6-14(11-15)21(31)32/h2-9,11H,1,10,12-13H2,(H,24,30)(H,25,29)(H,31,32). The van der Waals surface area contributed by atoms with Gasteiger partial charge in [-0.05, 0) is 30.3 Å². The summed E-state index contributed by atoms with van der Waals surface area (Å²) in [6.07, 6.45) is 1.45. The van der Waals surface area contributed by atoms with E-state index in [4.69, 9.17) is 5.11 Å². The van der Waals surface area contributed by atoms with Gasteiger partial charge in [0.2, 0.25) is 11.8 Å². The third-order valence-electron chi connectivity index (χ3n) is 4.30. The first kappa shape index (κ1) is 23.7. The Morgan fingerprint density at radius 3 is 2.61 bits per heavy atom. The van der Waals surface area contributed by atoms with Crippen molar-refractivity contribution in [1.29, 1.82) is 0 Å². The fraction of sp³-hybridized carbons (Fsp3) is 0.136. The highest BCUT2D eigenvalue weighted by Gasteiger charge is 2.17. The molecule has 0 saturated carbocycles. The fourth-order valence-electron chi connectivity index (χ4n) is 2.83. The van der Waals surface area contributed by atoms with Crippen LogP contribution in [0.3, 0.4) is 0 Å². The van der Waals surface area contributed by atoms with Gasteiger partial charge in [0.15, 0.2) is 5.16 Å². The van der Waals surface area contributed by atoms with Gasteiger partial charge in [0.05, 0.1) is 23.4 Å². The zero-order valence-electron chi connectivity index (χ0n) is 17.3. The van der Waals surface area contributed by atoms with Gasteiger partial charge in [-0.15, -0.1) is 16.8 Å². The summed E-state index contributed by atoms with van der Waals surface area (Å²) in [5.74, 6) is -2.16. The van der Waals surface area contributed by atoms with Crippen LogP contribution in [-0.2, 0) is 22.6 Å². The molecule has 0 fully saturated rings. The van der Waals surface area contributed by atoms with Crippen LogP contribution in [0.4, 0.5) is 15.8 Å². The Labute approximate surface area is 192 Å². The molecular formula is C22H20FN5O4S. The predicted molar refractivity (Wildman–Crippen MR) is 122 cm³/mol. The van der Waals surface area contributed by atoms with Crippen LogP contribution in [-0.4, -0.2) is 43.4 Å². The van der Waals surface area contributed by atoms with Crippen molar-refractivity contribution in [3.8, 4) is 0 Å². The van der Waals surface area contributed by atoms with Crippen LogP contribution in [0.15, 0.2) is 66.3 Å². The first-order valence-corrected chi connectivity index (χ1v) is 10.7. The highest BCUT2D eigenvalue weighted by atomic mass is 32.2. The number of amides is 2. The SMILES string of the molecule is C=CCn1c(CC(=O)Nc2ccccc2F)nnc1SCC(=O)Nc1cccc(C(=O)O)c1. The minimum absolute atomic E-state index is 0.0198. The van der Waals surface area contributed by atoms with Crippen molar-refractivity contribution < 1.29 is 23.9 Å². The lowest BCUT2D eigenvalue weighted by Crippen LogP contribution is -2.18. The Balaban J connectivity index is 1.63. The van der Waals surface area contributed by atoms with E-state index in [-0.39, 0.29) is 29.3 Å². The van der Waals surface area contributed by atoms with Gasteiger partial charge in [0.25, 0.3) is 0 Å². The van der Waals surface area contributed by atoms with E-state index < -0.39 is 17.7 Å². The number of allylic oxidation sites excluding steroid dienone is 1. The molecule has 9 nitrogen and oxygen atoms in total. The van der Waals surface area contributed by atoms with Gasteiger partial charge in [0, 0.05) is 12.2 Å². The first-order chi connectivity index (χ1) is 15.9. The molecule has 3 aromatic rings. The molecular weight excluding hydrogens is 449 g/mol. The van der Waals surface area contributed by atoms with Crippen LogP contribution in [0.1, 0.15) is 16.2 Å². The van der Waals surface area contributed by atoms with Gasteiger partial charge in [-0.25, -0.2) is 9.18 Å². The van der Waals surface area contributed by atoms with Gasteiger partial charge in [-0.2, -0.15) is 0 Å². The summed E-state index contributed by atoms with van der Waals surface area (Å²) in [4.78, 5) is 35.7. The molecule has 0 aliphatic rings. The van der Waals surface area contributed by atoms with Gasteiger partial charge in [-0.3, -0.25) is 9.59 Å². The number of carbonyl (C=O) groups is 3. The zero-order chi connectivity index (χ0) is 23.8. The number of nitrogens with one attached hydrogen (secondary N) is 2. The molecule has 2 amide bonds. The number of hydrogen-bond acceptors (Lipinski definition) is 6. The summed E-state index contributed by atoms with van der Waals surface area (Å²) in [6, 6.07) is 11.7. The molecule has 0 spiro atoms. The largest absolute Gasteiger partial charge is 0.478 e. The van der Waals surface area contributed by atoms with E-state index in [0.717, 1.165) is 11.8 Å². The predicted octanol–water partition coefficient (Wildman–Crippen LogP) is 3.21. The van der Waals surface area contributed by atoms with Crippen molar-refractivity contribution in [3.63, 3.8) is 0 Å². The summed E-state index contributed by atoms with van der Waals surface area (Å²) in [7, 11) is 0. The number of carbonyl (C=O) groups excluding carboxylic acids is 2. The maximum Gasteiger partial charge on any atom is 0.335 e. The van der Waals surface area contributed by atoms with Gasteiger partial charge in [0.1, 0.15) is 11.6 Å². The molecule has 0 bridgehead atoms. The maximum absolute atomic E-state index is 13.8. The second-order valence-electron chi connectivity index (χ2n) is 6.73. The Kier molecular flexibility index (Phi) is 7.92. The molecule has 3 N–H and O–H groups in total. The Hall–Kier alpha value is -3.99. The van der Waals surface area contributed by atoms with Crippen molar-refractivity contribution in [1.82, 2.24) is 14.8 Å². The molecule has 11 heteroatoms. The number of rotatable bonds is 10. The number of nitrogens with zero attached hydrogens (tertiary/aromatic N) is 3. The van der Waals surface area contributed by atoms with Crippen molar-refractivity contribution in [2.24, 2.45) is 0 Å². The molecule has 0 aliphatic heterocycles. The molecule has 2 aromatic carbocycles. The van der Waals surface area contributed by atoms with Crippen LogP contribution in [0, 0.1) is 5.82 Å². The molecule has 3 rings (SSSR count). The van der Waals surface area contributed by atoms with Crippen LogP contribution in [0.2, 0.25) is 0 Å². The van der Waals surface area contributed by atoms with E-state index in [0.29, 0.717) is 23.2 Å². The molecule has 1 aromatic heterocycles. The third-order valence-corrected chi connectivity index (χ3v) is 5.26. The van der Waals surface area contributed by atoms with Crippen molar-refractivity contribution in [2.75, 3.05) is 16.4 Å².